The summed E-state index contributed by atoms with van der Waals surface area (Å²) < 4.78 is 25.2. The summed E-state index contributed by atoms with van der Waals surface area (Å²) in [5.41, 5.74) is 0.0525. The topological polar surface area (TPSA) is 40.9 Å². The SMILES string of the molecule is CC(F)(F)C(=O)c1cccc(C#N)c1. The van der Waals surface area contributed by atoms with Gasteiger partial charge in [-0.3, -0.25) is 4.79 Å². The zero-order valence-corrected chi connectivity index (χ0v) is 7.42. The first-order valence-corrected chi connectivity index (χ1v) is 3.88. The Morgan fingerprint density at radius 2 is 2.14 bits per heavy atom. The number of halogens is 2. The molecule has 0 saturated heterocycles. The van der Waals surface area contributed by atoms with Gasteiger partial charge in [-0.05, 0) is 12.1 Å². The van der Waals surface area contributed by atoms with Gasteiger partial charge in [0.25, 0.3) is 0 Å². The summed E-state index contributed by atoms with van der Waals surface area (Å²) in [6, 6.07) is 7.04. The van der Waals surface area contributed by atoms with Crippen LogP contribution in [-0.4, -0.2) is 11.7 Å². The van der Waals surface area contributed by atoms with Crippen LogP contribution < -0.4 is 0 Å². The number of nitrogens with zero attached hydrogens (tertiary/aromatic N) is 1. The molecule has 14 heavy (non-hydrogen) atoms. The van der Waals surface area contributed by atoms with Gasteiger partial charge < -0.3 is 0 Å². The van der Waals surface area contributed by atoms with Gasteiger partial charge in [0.15, 0.2) is 0 Å². The van der Waals surface area contributed by atoms with Crippen molar-refractivity contribution < 1.29 is 13.6 Å². The summed E-state index contributed by atoms with van der Waals surface area (Å²) >= 11 is 0. The highest BCUT2D eigenvalue weighted by Gasteiger charge is 2.33. The van der Waals surface area contributed by atoms with Gasteiger partial charge in [-0.15, -0.1) is 0 Å². The van der Waals surface area contributed by atoms with E-state index in [9.17, 15) is 13.6 Å². The van der Waals surface area contributed by atoms with E-state index in [0.29, 0.717) is 6.92 Å². The van der Waals surface area contributed by atoms with Crippen molar-refractivity contribution in [2.24, 2.45) is 0 Å². The Kier molecular flexibility index (Phi) is 2.61. The molecule has 1 aromatic carbocycles. The van der Waals surface area contributed by atoms with E-state index < -0.39 is 11.7 Å². The first-order valence-electron chi connectivity index (χ1n) is 3.88. The van der Waals surface area contributed by atoms with Crippen LogP contribution in [0.2, 0.25) is 0 Å². The van der Waals surface area contributed by atoms with Crippen molar-refractivity contribution in [1.82, 2.24) is 0 Å². The lowest BCUT2D eigenvalue weighted by molar-refractivity contribution is 0.0221. The summed E-state index contributed by atoms with van der Waals surface area (Å²) in [5.74, 6) is -4.66. The van der Waals surface area contributed by atoms with Crippen molar-refractivity contribution in [3.05, 3.63) is 35.4 Å². The summed E-state index contributed by atoms with van der Waals surface area (Å²) in [6.07, 6.45) is 0. The maximum atomic E-state index is 12.6. The molecule has 0 aliphatic rings. The number of hydrogen-bond donors (Lipinski definition) is 0. The van der Waals surface area contributed by atoms with Gasteiger partial charge in [0, 0.05) is 12.5 Å². The maximum Gasteiger partial charge on any atom is 0.307 e. The average molecular weight is 195 g/mol. The minimum Gasteiger partial charge on any atom is -0.287 e. The normalized spacial score (nSPS) is 10.7. The molecule has 0 aromatic heterocycles. The van der Waals surface area contributed by atoms with Crippen LogP contribution >= 0.6 is 0 Å². The van der Waals surface area contributed by atoms with Crippen molar-refractivity contribution in [3.8, 4) is 6.07 Å². The molecule has 0 saturated carbocycles. The van der Waals surface area contributed by atoms with Crippen molar-refractivity contribution >= 4 is 5.78 Å². The molecule has 0 spiro atoms. The van der Waals surface area contributed by atoms with Crippen molar-refractivity contribution in [2.45, 2.75) is 12.8 Å². The van der Waals surface area contributed by atoms with E-state index in [1.165, 1.54) is 18.2 Å². The number of alkyl halides is 2. The van der Waals surface area contributed by atoms with Crippen LogP contribution in [0.3, 0.4) is 0 Å². The first kappa shape index (κ1) is 10.3. The second kappa shape index (κ2) is 3.54. The number of ketones is 1. The number of carbonyl (C=O) groups is 1. The molecule has 0 aliphatic heterocycles. The molecule has 1 aromatic rings. The largest absolute Gasteiger partial charge is 0.307 e. The highest BCUT2D eigenvalue weighted by molar-refractivity contribution is 6.01. The Morgan fingerprint density at radius 1 is 1.50 bits per heavy atom. The van der Waals surface area contributed by atoms with Crippen LogP contribution in [0, 0.1) is 11.3 Å². The molecule has 1 rings (SSSR count). The monoisotopic (exact) mass is 195 g/mol. The van der Waals surface area contributed by atoms with E-state index in [1.54, 1.807) is 6.07 Å². The quantitative estimate of drug-likeness (QED) is 0.680. The zero-order valence-electron chi connectivity index (χ0n) is 7.42. The van der Waals surface area contributed by atoms with E-state index in [0.717, 1.165) is 6.07 Å². The second-order valence-electron chi connectivity index (χ2n) is 2.91. The fraction of sp³-hybridized carbons (Fsp3) is 0.200. The summed E-state index contributed by atoms with van der Waals surface area (Å²) in [5, 5.41) is 8.50. The Balaban J connectivity index is 3.10. The first-order chi connectivity index (χ1) is 6.45. The van der Waals surface area contributed by atoms with Gasteiger partial charge >= 0.3 is 5.92 Å². The van der Waals surface area contributed by atoms with Crippen molar-refractivity contribution in [2.75, 3.05) is 0 Å². The molecule has 0 amide bonds. The highest BCUT2D eigenvalue weighted by Crippen LogP contribution is 2.19. The molecule has 72 valence electrons. The Labute approximate surface area is 79.8 Å². The smallest absolute Gasteiger partial charge is 0.287 e. The molecular formula is C10H7F2NO. The molecule has 0 radical (unpaired) electrons. The molecule has 4 heteroatoms. The van der Waals surface area contributed by atoms with E-state index in [2.05, 4.69) is 0 Å². The van der Waals surface area contributed by atoms with Crippen LogP contribution in [0.1, 0.15) is 22.8 Å². The zero-order chi connectivity index (χ0) is 10.8. The number of benzene rings is 1. The lowest BCUT2D eigenvalue weighted by atomic mass is 10.0. The van der Waals surface area contributed by atoms with Gasteiger partial charge in [0.2, 0.25) is 5.78 Å². The standard InChI is InChI=1S/C10H7F2NO/c1-10(11,12)9(14)8-4-2-3-7(5-8)6-13/h2-5H,1H3. The van der Waals surface area contributed by atoms with Gasteiger partial charge in [-0.2, -0.15) is 14.0 Å². The highest BCUT2D eigenvalue weighted by atomic mass is 19.3. The van der Waals surface area contributed by atoms with Crippen LogP contribution in [0.5, 0.6) is 0 Å². The van der Waals surface area contributed by atoms with Crippen LogP contribution in [0.4, 0.5) is 8.78 Å². The van der Waals surface area contributed by atoms with E-state index in [4.69, 9.17) is 5.26 Å². The summed E-state index contributed by atoms with van der Waals surface area (Å²) in [6.45, 7) is 0.536. The van der Waals surface area contributed by atoms with Crippen LogP contribution in [0.25, 0.3) is 0 Å². The third-order valence-electron chi connectivity index (χ3n) is 1.65. The minimum absolute atomic E-state index is 0.142. The molecular weight excluding hydrogens is 188 g/mol. The van der Waals surface area contributed by atoms with Crippen molar-refractivity contribution in [3.63, 3.8) is 0 Å². The summed E-state index contributed by atoms with van der Waals surface area (Å²) in [4.78, 5) is 11.1. The van der Waals surface area contributed by atoms with Crippen LogP contribution in [0.15, 0.2) is 24.3 Å². The third kappa shape index (κ3) is 2.13. The fourth-order valence-corrected chi connectivity index (χ4v) is 0.983. The van der Waals surface area contributed by atoms with E-state index >= 15 is 0 Å². The van der Waals surface area contributed by atoms with E-state index in [1.807, 2.05) is 0 Å². The van der Waals surface area contributed by atoms with Crippen molar-refractivity contribution in [1.29, 1.82) is 5.26 Å². The number of rotatable bonds is 2. The predicted molar refractivity (Wildman–Crippen MR) is 46.1 cm³/mol. The Morgan fingerprint density at radius 3 is 2.64 bits per heavy atom. The number of Topliss-reactive ketones (excluding diaryl/α,β-unsaturated/α-hetero) is 1. The number of hydrogen-bond acceptors (Lipinski definition) is 2. The number of carbonyl (C=O) groups excluding carboxylic acids is 1. The molecule has 0 heterocycles. The lowest BCUT2D eigenvalue weighted by Crippen LogP contribution is -2.24. The molecule has 0 unspecified atom stereocenters. The minimum atomic E-state index is -3.39. The van der Waals surface area contributed by atoms with Crippen LogP contribution in [-0.2, 0) is 0 Å². The molecule has 0 atom stereocenters. The molecule has 0 bridgehead atoms. The van der Waals surface area contributed by atoms with E-state index in [-0.39, 0.29) is 11.1 Å². The lowest BCUT2D eigenvalue weighted by Gasteiger charge is -2.08. The average Bonchev–Trinajstić information content (AvgIpc) is 2.15. The predicted octanol–water partition coefficient (Wildman–Crippen LogP) is 2.40. The van der Waals surface area contributed by atoms with Gasteiger partial charge in [0.1, 0.15) is 0 Å². The third-order valence-corrected chi connectivity index (χ3v) is 1.65. The number of nitriles is 1. The Bertz CT molecular complexity index is 401. The van der Waals surface area contributed by atoms with Gasteiger partial charge in [-0.1, -0.05) is 12.1 Å². The molecule has 0 aliphatic carbocycles. The molecule has 2 nitrogen and oxygen atoms in total. The molecule has 0 fully saturated rings. The second-order valence-corrected chi connectivity index (χ2v) is 2.91. The molecule has 0 N–H and O–H groups in total. The maximum absolute atomic E-state index is 12.6. The van der Waals surface area contributed by atoms with Gasteiger partial charge in [-0.25, -0.2) is 0 Å². The van der Waals surface area contributed by atoms with Gasteiger partial charge in [0.05, 0.1) is 11.6 Å². The Hall–Kier alpha value is -1.76. The fourth-order valence-electron chi connectivity index (χ4n) is 0.983. The summed E-state index contributed by atoms with van der Waals surface area (Å²) in [7, 11) is 0.